The largest absolute Gasteiger partial charge is 0.547 e. The summed E-state index contributed by atoms with van der Waals surface area (Å²) in [5.74, 6) is -2.80. The Morgan fingerprint density at radius 1 is 1.07 bits per heavy atom. The first kappa shape index (κ1) is 13.5. The standard InChI is InChI=1S/C9H16N2O4/c1-5-9(4,7(14)15)11-10-8(2,3)6(12)13/h5H2,1-4H3,(H,12,13)(H,14,15)/p-2. The van der Waals surface area contributed by atoms with Crippen LogP contribution in [0.5, 0.6) is 0 Å². The number of azo groups is 1. The Morgan fingerprint density at radius 3 is 1.80 bits per heavy atom. The van der Waals surface area contributed by atoms with Crippen molar-refractivity contribution in [2.24, 2.45) is 10.2 Å². The first-order valence-corrected chi connectivity index (χ1v) is 4.52. The zero-order valence-corrected chi connectivity index (χ0v) is 9.23. The Morgan fingerprint density at radius 2 is 1.53 bits per heavy atom. The number of carboxylic acid groups (broad SMARTS) is 2. The molecule has 0 aromatic heterocycles. The van der Waals surface area contributed by atoms with Crippen molar-refractivity contribution < 1.29 is 19.8 Å². The molecule has 0 bridgehead atoms. The number of nitrogens with zero attached hydrogens (tertiary/aromatic N) is 2. The fourth-order valence-corrected chi connectivity index (χ4v) is 0.532. The molecule has 6 nitrogen and oxygen atoms in total. The van der Waals surface area contributed by atoms with Gasteiger partial charge >= 0.3 is 0 Å². The van der Waals surface area contributed by atoms with Crippen LogP contribution in [0.4, 0.5) is 0 Å². The summed E-state index contributed by atoms with van der Waals surface area (Å²) >= 11 is 0. The van der Waals surface area contributed by atoms with Crippen LogP contribution in [0.15, 0.2) is 10.2 Å². The molecule has 0 radical (unpaired) electrons. The van der Waals surface area contributed by atoms with Gasteiger partial charge < -0.3 is 19.8 Å². The number of hydrogen-bond acceptors (Lipinski definition) is 6. The van der Waals surface area contributed by atoms with Gasteiger partial charge in [0.2, 0.25) is 0 Å². The Hall–Kier alpha value is -1.46. The predicted octanol–water partition coefficient (Wildman–Crippen LogP) is -1.11. The fourth-order valence-electron chi connectivity index (χ4n) is 0.532. The molecular formula is C9H14N2O4-2. The van der Waals surface area contributed by atoms with E-state index in [2.05, 4.69) is 10.2 Å². The maximum Gasteiger partial charge on any atom is 0.118 e. The third kappa shape index (κ3) is 3.30. The molecule has 0 aliphatic heterocycles. The summed E-state index contributed by atoms with van der Waals surface area (Å²) in [5, 5.41) is 28.2. The molecule has 0 spiro atoms. The van der Waals surface area contributed by atoms with E-state index in [9.17, 15) is 19.8 Å². The van der Waals surface area contributed by atoms with Crippen molar-refractivity contribution in [2.45, 2.75) is 45.2 Å². The van der Waals surface area contributed by atoms with E-state index in [0.29, 0.717) is 0 Å². The second kappa shape index (κ2) is 4.37. The van der Waals surface area contributed by atoms with E-state index in [0.717, 1.165) is 0 Å². The van der Waals surface area contributed by atoms with Gasteiger partial charge in [0.05, 0.1) is 11.9 Å². The second-order valence-corrected chi connectivity index (χ2v) is 3.96. The van der Waals surface area contributed by atoms with Crippen LogP contribution in [0.2, 0.25) is 0 Å². The van der Waals surface area contributed by atoms with Crippen molar-refractivity contribution in [1.82, 2.24) is 0 Å². The van der Waals surface area contributed by atoms with E-state index in [1.54, 1.807) is 6.92 Å². The molecule has 0 aliphatic rings. The van der Waals surface area contributed by atoms with Crippen LogP contribution in [0.25, 0.3) is 0 Å². The Bertz CT molecular complexity index is 298. The highest BCUT2D eigenvalue weighted by atomic mass is 16.4. The third-order valence-corrected chi connectivity index (χ3v) is 2.15. The summed E-state index contributed by atoms with van der Waals surface area (Å²) in [7, 11) is 0. The third-order valence-electron chi connectivity index (χ3n) is 2.15. The molecule has 1 unspecified atom stereocenters. The van der Waals surface area contributed by atoms with Gasteiger partial charge in [-0.3, -0.25) is 0 Å². The van der Waals surface area contributed by atoms with Gasteiger partial charge in [-0.1, -0.05) is 6.92 Å². The maximum absolute atomic E-state index is 10.7. The molecule has 6 heteroatoms. The molecule has 0 aromatic carbocycles. The van der Waals surface area contributed by atoms with Gasteiger partial charge in [0.25, 0.3) is 0 Å². The maximum atomic E-state index is 10.7. The predicted molar refractivity (Wildman–Crippen MR) is 47.6 cm³/mol. The van der Waals surface area contributed by atoms with Crippen LogP contribution in [0, 0.1) is 0 Å². The molecule has 0 amide bonds. The summed E-state index contributed by atoms with van der Waals surface area (Å²) in [4.78, 5) is 21.3. The van der Waals surface area contributed by atoms with Crippen molar-refractivity contribution in [1.29, 1.82) is 0 Å². The Balaban J connectivity index is 4.92. The number of aliphatic carboxylic acids is 2. The fraction of sp³-hybridized carbons (Fsp3) is 0.778. The number of carbonyl (C=O) groups is 2. The van der Waals surface area contributed by atoms with Gasteiger partial charge in [0.1, 0.15) is 11.1 Å². The molecule has 0 heterocycles. The van der Waals surface area contributed by atoms with E-state index in [4.69, 9.17) is 0 Å². The minimum Gasteiger partial charge on any atom is -0.547 e. The zero-order chi connectivity index (χ0) is 12.3. The molecule has 0 saturated carbocycles. The lowest BCUT2D eigenvalue weighted by atomic mass is 10.0. The second-order valence-electron chi connectivity index (χ2n) is 3.96. The summed E-state index contributed by atoms with van der Waals surface area (Å²) in [6.45, 7) is 5.46. The van der Waals surface area contributed by atoms with Gasteiger partial charge in [-0.05, 0) is 27.2 Å². The number of carbonyl (C=O) groups excluding carboxylic acids is 2. The summed E-state index contributed by atoms with van der Waals surface area (Å²) < 4.78 is 0. The van der Waals surface area contributed by atoms with Crippen LogP contribution in [-0.2, 0) is 9.59 Å². The summed E-state index contributed by atoms with van der Waals surface area (Å²) in [6, 6.07) is 0. The van der Waals surface area contributed by atoms with Crippen LogP contribution in [0.1, 0.15) is 34.1 Å². The van der Waals surface area contributed by atoms with E-state index in [1.807, 2.05) is 0 Å². The van der Waals surface area contributed by atoms with Crippen molar-refractivity contribution in [3.8, 4) is 0 Å². The highest BCUT2D eigenvalue weighted by Crippen LogP contribution is 2.18. The van der Waals surface area contributed by atoms with Crippen LogP contribution < -0.4 is 10.2 Å². The first-order valence-electron chi connectivity index (χ1n) is 4.52. The molecule has 86 valence electrons. The average molecular weight is 214 g/mol. The lowest BCUT2D eigenvalue weighted by molar-refractivity contribution is -0.315. The van der Waals surface area contributed by atoms with Crippen molar-refractivity contribution in [3.63, 3.8) is 0 Å². The molecule has 0 fully saturated rings. The number of hydrogen-bond donors (Lipinski definition) is 0. The number of rotatable bonds is 5. The van der Waals surface area contributed by atoms with E-state index in [-0.39, 0.29) is 6.42 Å². The van der Waals surface area contributed by atoms with Crippen LogP contribution in [-0.4, -0.2) is 23.0 Å². The van der Waals surface area contributed by atoms with Gasteiger partial charge in [-0.25, -0.2) is 0 Å². The minimum absolute atomic E-state index is 0.169. The molecule has 0 rings (SSSR count). The summed E-state index contributed by atoms with van der Waals surface area (Å²) in [5.41, 5.74) is -3.03. The highest BCUT2D eigenvalue weighted by molar-refractivity contribution is 5.77. The van der Waals surface area contributed by atoms with E-state index >= 15 is 0 Å². The van der Waals surface area contributed by atoms with Gasteiger partial charge in [0.15, 0.2) is 0 Å². The number of carboxylic acids is 2. The Labute approximate surface area is 88.0 Å². The van der Waals surface area contributed by atoms with E-state index < -0.39 is 23.0 Å². The molecular weight excluding hydrogens is 200 g/mol. The van der Waals surface area contributed by atoms with Gasteiger partial charge in [-0.2, -0.15) is 10.2 Å². The average Bonchev–Trinajstić information content (AvgIpc) is 2.13. The van der Waals surface area contributed by atoms with Gasteiger partial charge in [0, 0.05) is 0 Å². The zero-order valence-electron chi connectivity index (χ0n) is 9.23. The molecule has 1 atom stereocenters. The Kier molecular flexibility index (Phi) is 3.95. The quantitative estimate of drug-likeness (QED) is 0.541. The monoisotopic (exact) mass is 214 g/mol. The topological polar surface area (TPSA) is 105 Å². The SMILES string of the molecule is CCC(C)(N=NC(C)(C)C(=O)[O-])C(=O)[O-]. The van der Waals surface area contributed by atoms with Crippen LogP contribution >= 0.6 is 0 Å². The van der Waals surface area contributed by atoms with Crippen molar-refractivity contribution in [3.05, 3.63) is 0 Å². The first-order chi connectivity index (χ1) is 6.65. The van der Waals surface area contributed by atoms with Crippen LogP contribution in [0.3, 0.4) is 0 Å². The van der Waals surface area contributed by atoms with Crippen molar-refractivity contribution in [2.75, 3.05) is 0 Å². The molecule has 0 N–H and O–H groups in total. The molecule has 0 aromatic rings. The summed E-state index contributed by atoms with van der Waals surface area (Å²) in [6.07, 6.45) is 0.169. The van der Waals surface area contributed by atoms with E-state index in [1.165, 1.54) is 20.8 Å². The molecule has 15 heavy (non-hydrogen) atoms. The van der Waals surface area contributed by atoms with Gasteiger partial charge in [-0.15, -0.1) is 0 Å². The minimum atomic E-state index is -1.54. The lowest BCUT2D eigenvalue weighted by Gasteiger charge is -2.26. The normalized spacial score (nSPS) is 16.3. The molecule has 0 aliphatic carbocycles. The molecule has 0 saturated heterocycles. The smallest absolute Gasteiger partial charge is 0.118 e. The lowest BCUT2D eigenvalue weighted by Crippen LogP contribution is -2.46. The van der Waals surface area contributed by atoms with Crippen molar-refractivity contribution >= 4 is 11.9 Å². The highest BCUT2D eigenvalue weighted by Gasteiger charge is 2.26.